The lowest BCUT2D eigenvalue weighted by Gasteiger charge is -2.24. The molecule has 0 bridgehead atoms. The molecule has 1 unspecified atom stereocenters. The van der Waals surface area contributed by atoms with Gasteiger partial charge in [-0.1, -0.05) is 0 Å². The summed E-state index contributed by atoms with van der Waals surface area (Å²) in [5.74, 6) is 0.0211. The van der Waals surface area contributed by atoms with Crippen molar-refractivity contribution in [3.8, 4) is 6.07 Å². The van der Waals surface area contributed by atoms with Crippen LogP contribution in [0.4, 0.5) is 5.69 Å². The number of nitriles is 1. The van der Waals surface area contributed by atoms with E-state index in [9.17, 15) is 4.79 Å². The molecule has 0 spiro atoms. The van der Waals surface area contributed by atoms with Gasteiger partial charge in [-0.15, -0.1) is 0 Å². The molecule has 5 heteroatoms. The standard InChI is InChI=1S/C13H18N4O/c1-4-17(5-2)13(18)10(3)16-12-9-15-7-6-11(12)8-14/h6-7,9-10,16H,4-5H2,1-3H3. The number of carbonyl (C=O) groups excluding carboxylic acids is 1. The van der Waals surface area contributed by atoms with E-state index in [0.717, 1.165) is 0 Å². The molecule has 1 aromatic rings. The summed E-state index contributed by atoms with van der Waals surface area (Å²) in [5, 5.41) is 12.0. The van der Waals surface area contributed by atoms with Crippen molar-refractivity contribution in [2.24, 2.45) is 0 Å². The topological polar surface area (TPSA) is 69.0 Å². The number of pyridine rings is 1. The van der Waals surface area contributed by atoms with E-state index in [4.69, 9.17) is 5.26 Å². The summed E-state index contributed by atoms with van der Waals surface area (Å²) < 4.78 is 0. The molecule has 0 saturated carbocycles. The highest BCUT2D eigenvalue weighted by Crippen LogP contribution is 2.13. The van der Waals surface area contributed by atoms with Crippen LogP contribution in [0.2, 0.25) is 0 Å². The van der Waals surface area contributed by atoms with Crippen molar-refractivity contribution in [1.82, 2.24) is 9.88 Å². The zero-order valence-corrected chi connectivity index (χ0v) is 11.0. The van der Waals surface area contributed by atoms with Crippen molar-refractivity contribution < 1.29 is 4.79 Å². The maximum Gasteiger partial charge on any atom is 0.244 e. The van der Waals surface area contributed by atoms with Crippen molar-refractivity contribution in [1.29, 1.82) is 5.26 Å². The number of nitrogens with one attached hydrogen (secondary N) is 1. The summed E-state index contributed by atoms with van der Waals surface area (Å²) >= 11 is 0. The Bertz CT molecular complexity index is 449. The maximum atomic E-state index is 12.1. The number of amides is 1. The smallest absolute Gasteiger partial charge is 0.244 e. The Kier molecular flexibility index (Phi) is 5.12. The Labute approximate surface area is 107 Å². The Hall–Kier alpha value is -2.09. The summed E-state index contributed by atoms with van der Waals surface area (Å²) in [6.45, 7) is 7.03. The first-order chi connectivity index (χ1) is 8.63. The normalized spacial score (nSPS) is 11.4. The summed E-state index contributed by atoms with van der Waals surface area (Å²) in [7, 11) is 0. The van der Waals surface area contributed by atoms with Gasteiger partial charge in [0.25, 0.3) is 0 Å². The lowest BCUT2D eigenvalue weighted by atomic mass is 10.2. The van der Waals surface area contributed by atoms with Crippen LogP contribution in [0.5, 0.6) is 0 Å². The largest absolute Gasteiger partial charge is 0.372 e. The van der Waals surface area contributed by atoms with Crippen molar-refractivity contribution in [3.05, 3.63) is 24.0 Å². The molecule has 1 atom stereocenters. The van der Waals surface area contributed by atoms with Crippen LogP contribution in [0.15, 0.2) is 18.5 Å². The summed E-state index contributed by atoms with van der Waals surface area (Å²) in [5.41, 5.74) is 1.08. The predicted octanol–water partition coefficient (Wildman–Crippen LogP) is 1.62. The summed E-state index contributed by atoms with van der Waals surface area (Å²) in [6.07, 6.45) is 3.12. The number of aromatic nitrogens is 1. The summed E-state index contributed by atoms with van der Waals surface area (Å²) in [4.78, 5) is 17.8. The van der Waals surface area contributed by atoms with Crippen LogP contribution in [0, 0.1) is 11.3 Å². The monoisotopic (exact) mass is 246 g/mol. The zero-order chi connectivity index (χ0) is 13.5. The van der Waals surface area contributed by atoms with Crippen LogP contribution in [0.1, 0.15) is 26.3 Å². The van der Waals surface area contributed by atoms with Crippen LogP contribution in [0.3, 0.4) is 0 Å². The molecule has 1 aromatic heterocycles. The van der Waals surface area contributed by atoms with E-state index in [1.165, 1.54) is 0 Å². The molecule has 1 heterocycles. The number of hydrogen-bond acceptors (Lipinski definition) is 4. The van der Waals surface area contributed by atoms with Crippen LogP contribution >= 0.6 is 0 Å². The highest BCUT2D eigenvalue weighted by molar-refractivity contribution is 5.84. The van der Waals surface area contributed by atoms with Gasteiger partial charge in [0.05, 0.1) is 17.4 Å². The molecular weight excluding hydrogens is 228 g/mol. The fourth-order valence-electron chi connectivity index (χ4n) is 1.71. The number of carbonyl (C=O) groups is 1. The number of rotatable bonds is 5. The molecule has 18 heavy (non-hydrogen) atoms. The fraction of sp³-hybridized carbons (Fsp3) is 0.462. The average Bonchev–Trinajstić information content (AvgIpc) is 2.40. The Balaban J connectivity index is 2.79. The Morgan fingerprint density at radius 1 is 1.56 bits per heavy atom. The minimum Gasteiger partial charge on any atom is -0.372 e. The minimum absolute atomic E-state index is 0.0211. The van der Waals surface area contributed by atoms with Gasteiger partial charge in [0, 0.05) is 19.3 Å². The number of anilines is 1. The molecular formula is C13H18N4O. The highest BCUT2D eigenvalue weighted by atomic mass is 16.2. The SMILES string of the molecule is CCN(CC)C(=O)C(C)Nc1cnccc1C#N. The van der Waals surface area contributed by atoms with Gasteiger partial charge in [-0.25, -0.2) is 0 Å². The third kappa shape index (κ3) is 3.20. The second-order valence-corrected chi connectivity index (χ2v) is 3.91. The number of hydrogen-bond donors (Lipinski definition) is 1. The van der Waals surface area contributed by atoms with Gasteiger partial charge in [0.1, 0.15) is 12.1 Å². The molecule has 0 fully saturated rings. The molecule has 0 aliphatic rings. The zero-order valence-electron chi connectivity index (χ0n) is 11.0. The minimum atomic E-state index is -0.374. The maximum absolute atomic E-state index is 12.1. The lowest BCUT2D eigenvalue weighted by Crippen LogP contribution is -2.41. The van der Waals surface area contributed by atoms with Gasteiger partial charge < -0.3 is 10.2 Å². The third-order valence-electron chi connectivity index (χ3n) is 2.76. The van der Waals surface area contributed by atoms with E-state index < -0.39 is 0 Å². The third-order valence-corrected chi connectivity index (χ3v) is 2.76. The first kappa shape index (κ1) is 14.0. The molecule has 0 aliphatic heterocycles. The van der Waals surface area contributed by atoms with Crippen molar-refractivity contribution >= 4 is 11.6 Å². The van der Waals surface area contributed by atoms with Crippen LogP contribution in [-0.4, -0.2) is 34.9 Å². The van der Waals surface area contributed by atoms with Gasteiger partial charge in [0.2, 0.25) is 5.91 Å². The fourth-order valence-corrected chi connectivity index (χ4v) is 1.71. The highest BCUT2D eigenvalue weighted by Gasteiger charge is 2.18. The molecule has 0 radical (unpaired) electrons. The van der Waals surface area contributed by atoms with Crippen molar-refractivity contribution in [2.45, 2.75) is 26.8 Å². The Morgan fingerprint density at radius 2 is 2.22 bits per heavy atom. The van der Waals surface area contributed by atoms with E-state index in [1.54, 1.807) is 30.3 Å². The lowest BCUT2D eigenvalue weighted by molar-refractivity contribution is -0.131. The van der Waals surface area contributed by atoms with E-state index in [0.29, 0.717) is 24.3 Å². The van der Waals surface area contributed by atoms with Gasteiger partial charge >= 0.3 is 0 Å². The van der Waals surface area contributed by atoms with E-state index in [-0.39, 0.29) is 11.9 Å². The first-order valence-corrected chi connectivity index (χ1v) is 6.03. The number of likely N-dealkylation sites (N-methyl/N-ethyl adjacent to an activating group) is 1. The van der Waals surface area contributed by atoms with Gasteiger partial charge in [-0.05, 0) is 26.8 Å². The van der Waals surface area contributed by atoms with Gasteiger partial charge in [0.15, 0.2) is 0 Å². The Morgan fingerprint density at radius 3 is 2.78 bits per heavy atom. The molecule has 1 amide bonds. The first-order valence-electron chi connectivity index (χ1n) is 6.03. The van der Waals surface area contributed by atoms with Gasteiger partial charge in [-0.3, -0.25) is 9.78 Å². The molecule has 96 valence electrons. The molecule has 5 nitrogen and oxygen atoms in total. The molecule has 1 N–H and O–H groups in total. The van der Waals surface area contributed by atoms with E-state index >= 15 is 0 Å². The predicted molar refractivity (Wildman–Crippen MR) is 70.0 cm³/mol. The summed E-state index contributed by atoms with van der Waals surface area (Å²) in [6, 6.07) is 3.32. The second-order valence-electron chi connectivity index (χ2n) is 3.91. The van der Waals surface area contributed by atoms with Crippen LogP contribution in [-0.2, 0) is 4.79 Å². The van der Waals surface area contributed by atoms with E-state index in [2.05, 4.69) is 16.4 Å². The quantitative estimate of drug-likeness (QED) is 0.857. The molecule has 1 rings (SSSR count). The molecule has 0 aliphatic carbocycles. The molecule has 0 aromatic carbocycles. The van der Waals surface area contributed by atoms with E-state index in [1.807, 2.05) is 13.8 Å². The van der Waals surface area contributed by atoms with Crippen LogP contribution in [0.25, 0.3) is 0 Å². The van der Waals surface area contributed by atoms with Gasteiger partial charge in [-0.2, -0.15) is 5.26 Å². The second kappa shape index (κ2) is 6.60. The van der Waals surface area contributed by atoms with Crippen LogP contribution < -0.4 is 5.32 Å². The molecule has 0 saturated heterocycles. The average molecular weight is 246 g/mol. The van der Waals surface area contributed by atoms with Crippen molar-refractivity contribution in [3.63, 3.8) is 0 Å². The van der Waals surface area contributed by atoms with Crippen molar-refractivity contribution in [2.75, 3.05) is 18.4 Å². The number of nitrogens with zero attached hydrogens (tertiary/aromatic N) is 3.